The molecule has 1 aliphatic heterocycles. The first-order valence-corrected chi connectivity index (χ1v) is 14.9. The molecule has 3 aliphatic rings. The quantitative estimate of drug-likeness (QED) is 0.394. The average Bonchev–Trinajstić information content (AvgIpc) is 3.72. The van der Waals surface area contributed by atoms with E-state index in [2.05, 4.69) is 17.5 Å². The van der Waals surface area contributed by atoms with E-state index in [9.17, 15) is 19.2 Å². The normalized spacial score (nSPS) is 24.9. The lowest BCUT2D eigenvalue weighted by Gasteiger charge is -2.41. The number of piperidine rings is 1. The molecule has 3 amide bonds. The van der Waals surface area contributed by atoms with Gasteiger partial charge in [0.1, 0.15) is 5.82 Å². The minimum atomic E-state index is -0.520. The summed E-state index contributed by atoms with van der Waals surface area (Å²) in [6.07, 6.45) is 6.44. The van der Waals surface area contributed by atoms with Crippen LogP contribution in [-0.4, -0.2) is 47.4 Å². The first-order valence-electron chi connectivity index (χ1n) is 14.6. The Bertz CT molecular complexity index is 1300. The number of hydrogen-bond acceptors (Lipinski definition) is 3. The number of nitriles is 1. The predicted octanol–water partition coefficient (Wildman–Crippen LogP) is 6.98. The molecular weight excluding hydrogens is 527 g/mol. The van der Waals surface area contributed by atoms with Gasteiger partial charge in [0, 0.05) is 37.3 Å². The Morgan fingerprint density at radius 1 is 1.23 bits per heavy atom. The van der Waals surface area contributed by atoms with Gasteiger partial charge in [-0.15, -0.1) is 0 Å². The molecular formula is C32H38ClFN4O2. The van der Waals surface area contributed by atoms with Crippen molar-refractivity contribution in [2.45, 2.75) is 70.3 Å². The van der Waals surface area contributed by atoms with Gasteiger partial charge in [-0.3, -0.25) is 4.79 Å². The molecule has 6 nitrogen and oxygen atoms in total. The second-order valence-electron chi connectivity index (χ2n) is 12.0. The zero-order chi connectivity index (χ0) is 28.4. The molecule has 2 aromatic carbocycles. The Kier molecular flexibility index (Phi) is 8.37. The summed E-state index contributed by atoms with van der Waals surface area (Å²) in [6.45, 7) is 6.10. The van der Waals surface area contributed by atoms with Gasteiger partial charge in [-0.05, 0) is 98.1 Å². The number of halogens is 2. The molecule has 2 aromatic rings. The van der Waals surface area contributed by atoms with Gasteiger partial charge in [0.2, 0.25) is 5.91 Å². The molecule has 0 aromatic heterocycles. The Labute approximate surface area is 241 Å². The van der Waals surface area contributed by atoms with Crippen LogP contribution in [0.3, 0.4) is 0 Å². The molecule has 212 valence electrons. The standard InChI is InChI=1S/C32H38ClFN4O2/c1-3-21(2)30(39)37-13-10-22(11-14-37)20-38(31(40)36-26-7-8-29(34)28(33)17-26)27-9-12-32(18-25(32)16-27)24-6-4-5-23(15-24)19-35/h4-8,15,17,21-22,25,27H,3,9-14,16,18,20H2,1-2H3,(H,36,40)/t21?,25-,27?,32+/m0/s1. The van der Waals surface area contributed by atoms with Crippen LogP contribution in [0.25, 0.3) is 0 Å². The maximum absolute atomic E-state index is 13.7. The summed E-state index contributed by atoms with van der Waals surface area (Å²) in [7, 11) is 0. The zero-order valence-corrected chi connectivity index (χ0v) is 24.1. The Morgan fingerprint density at radius 2 is 2.00 bits per heavy atom. The number of rotatable bonds is 7. The van der Waals surface area contributed by atoms with Crippen molar-refractivity contribution in [3.8, 4) is 6.07 Å². The molecule has 2 aliphatic carbocycles. The number of benzene rings is 2. The number of nitrogens with zero attached hydrogens (tertiary/aromatic N) is 3. The smallest absolute Gasteiger partial charge is 0.322 e. The number of fused-ring (bicyclic) bond motifs is 1. The summed E-state index contributed by atoms with van der Waals surface area (Å²) >= 11 is 5.98. The van der Waals surface area contributed by atoms with E-state index < -0.39 is 5.82 Å². The molecule has 1 heterocycles. The molecule has 3 fully saturated rings. The van der Waals surface area contributed by atoms with E-state index in [1.807, 2.05) is 41.8 Å². The minimum Gasteiger partial charge on any atom is -0.342 e. The highest BCUT2D eigenvalue weighted by Gasteiger charge is 2.58. The van der Waals surface area contributed by atoms with Gasteiger partial charge in [0.15, 0.2) is 0 Å². The first kappa shape index (κ1) is 28.4. The summed E-state index contributed by atoms with van der Waals surface area (Å²) in [4.78, 5) is 30.4. The van der Waals surface area contributed by atoms with Crippen LogP contribution in [0.15, 0.2) is 42.5 Å². The number of amides is 3. The van der Waals surface area contributed by atoms with Crippen molar-refractivity contribution in [1.82, 2.24) is 9.80 Å². The van der Waals surface area contributed by atoms with Crippen LogP contribution >= 0.6 is 11.6 Å². The van der Waals surface area contributed by atoms with Gasteiger partial charge >= 0.3 is 6.03 Å². The summed E-state index contributed by atoms with van der Waals surface area (Å²) in [5.74, 6) is 0.526. The molecule has 2 unspecified atom stereocenters. The summed E-state index contributed by atoms with van der Waals surface area (Å²) < 4.78 is 13.7. The molecule has 1 saturated heterocycles. The number of hydrogen-bond donors (Lipinski definition) is 1. The van der Waals surface area contributed by atoms with Crippen LogP contribution in [0.4, 0.5) is 14.9 Å². The second-order valence-corrected chi connectivity index (χ2v) is 12.4. The molecule has 5 rings (SSSR count). The van der Waals surface area contributed by atoms with Gasteiger partial charge in [-0.25, -0.2) is 9.18 Å². The number of likely N-dealkylation sites (tertiary alicyclic amines) is 1. The Morgan fingerprint density at radius 3 is 2.67 bits per heavy atom. The van der Waals surface area contributed by atoms with Gasteiger partial charge in [-0.2, -0.15) is 5.26 Å². The van der Waals surface area contributed by atoms with Gasteiger partial charge < -0.3 is 15.1 Å². The highest BCUT2D eigenvalue weighted by atomic mass is 35.5. The van der Waals surface area contributed by atoms with Crippen LogP contribution in [0.5, 0.6) is 0 Å². The monoisotopic (exact) mass is 564 g/mol. The molecule has 0 radical (unpaired) electrons. The van der Waals surface area contributed by atoms with Crippen molar-refractivity contribution in [1.29, 1.82) is 5.26 Å². The summed E-state index contributed by atoms with van der Waals surface area (Å²) in [6, 6.07) is 14.4. The maximum Gasteiger partial charge on any atom is 0.322 e. The largest absolute Gasteiger partial charge is 0.342 e. The van der Waals surface area contributed by atoms with E-state index in [1.54, 1.807) is 0 Å². The molecule has 4 atom stereocenters. The maximum atomic E-state index is 13.7. The number of carbonyl (C=O) groups excluding carboxylic acids is 2. The highest BCUT2D eigenvalue weighted by molar-refractivity contribution is 6.31. The summed E-state index contributed by atoms with van der Waals surface area (Å²) in [5, 5.41) is 12.3. The van der Waals surface area contributed by atoms with Crippen LogP contribution in [-0.2, 0) is 10.2 Å². The van der Waals surface area contributed by atoms with Gasteiger partial charge in [0.25, 0.3) is 0 Å². The van der Waals surface area contributed by atoms with E-state index in [1.165, 1.54) is 23.8 Å². The first-order chi connectivity index (χ1) is 19.2. The van der Waals surface area contributed by atoms with Crippen molar-refractivity contribution in [3.63, 3.8) is 0 Å². The molecule has 0 spiro atoms. The van der Waals surface area contributed by atoms with Gasteiger partial charge in [-0.1, -0.05) is 37.6 Å². The van der Waals surface area contributed by atoms with Crippen LogP contribution in [0.2, 0.25) is 5.02 Å². The third-order valence-corrected chi connectivity index (χ3v) is 9.86. The number of anilines is 1. The molecule has 1 N–H and O–H groups in total. The van der Waals surface area contributed by atoms with Crippen LogP contribution in [0, 0.1) is 34.9 Å². The second kappa shape index (κ2) is 11.8. The molecule has 8 heteroatoms. The Hall–Kier alpha value is -3.11. The fraction of sp³-hybridized carbons (Fsp3) is 0.531. The fourth-order valence-electron chi connectivity index (χ4n) is 6.81. The van der Waals surface area contributed by atoms with Gasteiger partial charge in [0.05, 0.1) is 16.7 Å². The lowest BCUT2D eigenvalue weighted by molar-refractivity contribution is -0.136. The Balaban J connectivity index is 1.29. The average molecular weight is 565 g/mol. The fourth-order valence-corrected chi connectivity index (χ4v) is 6.99. The number of nitrogens with one attached hydrogen (secondary N) is 1. The van der Waals surface area contributed by atoms with E-state index in [4.69, 9.17) is 11.6 Å². The van der Waals surface area contributed by atoms with Crippen molar-refractivity contribution in [3.05, 3.63) is 64.4 Å². The topological polar surface area (TPSA) is 76.4 Å². The summed E-state index contributed by atoms with van der Waals surface area (Å²) in [5.41, 5.74) is 2.51. The number of urea groups is 1. The zero-order valence-electron chi connectivity index (χ0n) is 23.3. The predicted molar refractivity (Wildman–Crippen MR) is 154 cm³/mol. The van der Waals surface area contributed by atoms with E-state index in [-0.39, 0.29) is 34.3 Å². The van der Waals surface area contributed by atoms with Crippen molar-refractivity contribution in [2.24, 2.45) is 17.8 Å². The van der Waals surface area contributed by atoms with Crippen LogP contribution < -0.4 is 5.32 Å². The van der Waals surface area contributed by atoms with Crippen molar-refractivity contribution < 1.29 is 14.0 Å². The third kappa shape index (κ3) is 5.83. The lowest BCUT2D eigenvalue weighted by Crippen LogP contribution is -2.49. The van der Waals surface area contributed by atoms with Crippen molar-refractivity contribution in [2.75, 3.05) is 25.0 Å². The van der Waals surface area contributed by atoms with E-state index >= 15 is 0 Å². The minimum absolute atomic E-state index is 0.0253. The third-order valence-electron chi connectivity index (χ3n) is 9.57. The SMILES string of the molecule is CCC(C)C(=O)N1CCC(CN(C(=O)Nc2ccc(F)c(Cl)c2)C2CC[C@]3(c4cccc(C#N)c4)C[C@@H]3C2)CC1. The van der Waals surface area contributed by atoms with E-state index in [0.29, 0.717) is 29.6 Å². The molecule has 40 heavy (non-hydrogen) atoms. The molecule has 2 saturated carbocycles. The number of carbonyl (C=O) groups is 2. The molecule has 0 bridgehead atoms. The van der Waals surface area contributed by atoms with Crippen molar-refractivity contribution >= 4 is 29.2 Å². The van der Waals surface area contributed by atoms with Crippen LogP contribution in [0.1, 0.15) is 69.9 Å². The lowest BCUT2D eigenvalue weighted by atomic mass is 9.79. The van der Waals surface area contributed by atoms with E-state index in [0.717, 1.165) is 58.0 Å². The highest BCUT2D eigenvalue weighted by Crippen LogP contribution is 2.63.